The summed E-state index contributed by atoms with van der Waals surface area (Å²) in [5.74, 6) is 0.109. The predicted molar refractivity (Wildman–Crippen MR) is 108 cm³/mol. The molecule has 6 heteroatoms. The van der Waals surface area contributed by atoms with E-state index < -0.39 is 0 Å². The van der Waals surface area contributed by atoms with Crippen molar-refractivity contribution >= 4 is 17.6 Å². The normalized spacial score (nSPS) is 27.7. The van der Waals surface area contributed by atoms with Crippen LogP contribution in [0.2, 0.25) is 0 Å². The minimum absolute atomic E-state index is 0.0987. The van der Waals surface area contributed by atoms with Gasteiger partial charge < -0.3 is 9.64 Å². The molecule has 0 N–H and O–H groups in total. The standard InChI is InChI=1S/C23H27N3O3/c1-25-19-13-16-5-3-4-6-18(16)26(15-17(19)14-24-25)20(27)22-7-10-23(11-8-22,12-9-22)21(28)29-2/h3-6,14H,7-13,15H2,1-2H3. The number of nitrogens with zero attached hydrogens (tertiary/aromatic N) is 3. The molecule has 0 spiro atoms. The number of fused-ring (bicyclic) bond motifs is 5. The number of carbonyl (C=O) groups is 2. The van der Waals surface area contributed by atoms with Crippen molar-refractivity contribution in [2.75, 3.05) is 12.0 Å². The van der Waals surface area contributed by atoms with Crippen LogP contribution in [0.15, 0.2) is 30.5 Å². The Balaban J connectivity index is 1.49. The van der Waals surface area contributed by atoms with Crippen LogP contribution in [0.5, 0.6) is 0 Å². The lowest BCUT2D eigenvalue weighted by atomic mass is 9.53. The number of rotatable bonds is 2. The van der Waals surface area contributed by atoms with E-state index in [4.69, 9.17) is 4.74 Å². The van der Waals surface area contributed by atoms with E-state index in [-0.39, 0.29) is 22.7 Å². The first-order valence-electron chi connectivity index (χ1n) is 10.5. The molecule has 1 aliphatic heterocycles. The predicted octanol–water partition coefficient (Wildman–Crippen LogP) is 3.37. The van der Waals surface area contributed by atoms with E-state index >= 15 is 0 Å². The fourth-order valence-electron chi connectivity index (χ4n) is 5.72. The number of para-hydroxylation sites is 1. The summed E-state index contributed by atoms with van der Waals surface area (Å²) < 4.78 is 7.00. The van der Waals surface area contributed by atoms with Crippen LogP contribution in [-0.2, 0) is 34.3 Å². The maximum absolute atomic E-state index is 14.0. The van der Waals surface area contributed by atoms with Gasteiger partial charge in [0.2, 0.25) is 5.91 Å². The number of ether oxygens (including phenoxy) is 1. The summed E-state index contributed by atoms with van der Waals surface area (Å²) in [4.78, 5) is 28.3. The van der Waals surface area contributed by atoms with Crippen LogP contribution < -0.4 is 4.90 Å². The lowest BCUT2D eigenvalue weighted by Crippen LogP contribution is -2.53. The first-order chi connectivity index (χ1) is 14.0. The summed E-state index contributed by atoms with van der Waals surface area (Å²) in [5, 5.41) is 4.43. The van der Waals surface area contributed by atoms with Crippen LogP contribution in [-0.4, -0.2) is 28.8 Å². The van der Waals surface area contributed by atoms with E-state index in [9.17, 15) is 9.59 Å². The maximum Gasteiger partial charge on any atom is 0.311 e. The minimum Gasteiger partial charge on any atom is -0.469 e. The van der Waals surface area contributed by atoms with Crippen LogP contribution >= 0.6 is 0 Å². The zero-order chi connectivity index (χ0) is 20.2. The number of anilines is 1. The lowest BCUT2D eigenvalue weighted by Gasteiger charge is -2.51. The SMILES string of the molecule is COC(=O)C12CCC(C(=O)N3Cc4cnn(C)c4Cc4ccccc43)(CC1)CC2. The number of aryl methyl sites for hydroxylation is 1. The van der Waals surface area contributed by atoms with Crippen LogP contribution in [0.25, 0.3) is 0 Å². The van der Waals surface area contributed by atoms with Crippen LogP contribution in [0, 0.1) is 10.8 Å². The molecule has 1 amide bonds. The van der Waals surface area contributed by atoms with E-state index in [0.717, 1.165) is 61.8 Å². The maximum atomic E-state index is 14.0. The summed E-state index contributed by atoms with van der Waals surface area (Å²) in [5.41, 5.74) is 3.72. The van der Waals surface area contributed by atoms with E-state index in [1.165, 1.54) is 12.8 Å². The Morgan fingerprint density at radius 1 is 1.00 bits per heavy atom. The molecule has 0 saturated heterocycles. The van der Waals surface area contributed by atoms with Gasteiger partial charge in [0.05, 0.1) is 25.3 Å². The molecule has 2 aromatic rings. The summed E-state index contributed by atoms with van der Waals surface area (Å²) >= 11 is 0. The molecular formula is C23H27N3O3. The van der Waals surface area contributed by atoms with Gasteiger partial charge in [-0.05, 0) is 50.2 Å². The van der Waals surface area contributed by atoms with Gasteiger partial charge in [-0.1, -0.05) is 18.2 Å². The third kappa shape index (κ3) is 2.65. The largest absolute Gasteiger partial charge is 0.469 e. The molecule has 6 rings (SSSR count). The molecule has 29 heavy (non-hydrogen) atoms. The van der Waals surface area contributed by atoms with Gasteiger partial charge in [-0.3, -0.25) is 14.3 Å². The number of hydrogen-bond donors (Lipinski definition) is 0. The van der Waals surface area contributed by atoms with Crippen molar-refractivity contribution in [3.63, 3.8) is 0 Å². The number of carbonyl (C=O) groups excluding carboxylic acids is 2. The highest BCUT2D eigenvalue weighted by Crippen LogP contribution is 2.58. The van der Waals surface area contributed by atoms with Gasteiger partial charge in [-0.2, -0.15) is 5.10 Å². The minimum atomic E-state index is -0.371. The van der Waals surface area contributed by atoms with E-state index in [0.29, 0.717) is 6.54 Å². The quantitative estimate of drug-likeness (QED) is 0.734. The average molecular weight is 393 g/mol. The van der Waals surface area contributed by atoms with Gasteiger partial charge >= 0.3 is 5.97 Å². The van der Waals surface area contributed by atoms with Crippen molar-refractivity contribution in [2.24, 2.45) is 17.9 Å². The zero-order valence-electron chi connectivity index (χ0n) is 17.1. The Morgan fingerprint density at radius 3 is 2.34 bits per heavy atom. The highest BCUT2D eigenvalue weighted by molar-refractivity contribution is 5.99. The zero-order valence-corrected chi connectivity index (χ0v) is 17.1. The van der Waals surface area contributed by atoms with Gasteiger partial charge in [0.25, 0.3) is 0 Å². The van der Waals surface area contributed by atoms with Crippen molar-refractivity contribution in [1.29, 1.82) is 0 Å². The Bertz CT molecular complexity index is 968. The van der Waals surface area contributed by atoms with Gasteiger partial charge in [-0.25, -0.2) is 0 Å². The molecule has 1 aromatic carbocycles. The molecule has 4 aliphatic rings. The molecule has 3 fully saturated rings. The fourth-order valence-corrected chi connectivity index (χ4v) is 5.72. The summed E-state index contributed by atoms with van der Waals surface area (Å²) in [7, 11) is 3.44. The van der Waals surface area contributed by atoms with Crippen molar-refractivity contribution in [3.05, 3.63) is 47.3 Å². The van der Waals surface area contributed by atoms with Crippen molar-refractivity contribution < 1.29 is 14.3 Å². The second-order valence-electron chi connectivity index (χ2n) is 8.99. The summed E-state index contributed by atoms with van der Waals surface area (Å²) in [6.45, 7) is 0.558. The number of hydrogen-bond acceptors (Lipinski definition) is 4. The van der Waals surface area contributed by atoms with Gasteiger partial charge in [0.1, 0.15) is 0 Å². The first kappa shape index (κ1) is 18.4. The van der Waals surface area contributed by atoms with E-state index in [1.807, 2.05) is 35.0 Å². The number of aromatic nitrogens is 2. The van der Waals surface area contributed by atoms with Crippen molar-refractivity contribution in [3.8, 4) is 0 Å². The average Bonchev–Trinajstić information content (AvgIpc) is 3.02. The van der Waals surface area contributed by atoms with Crippen molar-refractivity contribution in [2.45, 2.75) is 51.5 Å². The van der Waals surface area contributed by atoms with Crippen molar-refractivity contribution in [1.82, 2.24) is 9.78 Å². The number of amides is 1. The Kier molecular flexibility index (Phi) is 4.09. The smallest absolute Gasteiger partial charge is 0.311 e. The molecule has 2 heterocycles. The third-order valence-electron chi connectivity index (χ3n) is 7.68. The molecule has 3 aliphatic carbocycles. The monoisotopic (exact) mass is 393 g/mol. The van der Waals surface area contributed by atoms with Gasteiger partial charge in [-0.15, -0.1) is 0 Å². The molecule has 3 saturated carbocycles. The lowest BCUT2D eigenvalue weighted by molar-refractivity contribution is -0.165. The van der Waals surface area contributed by atoms with Crippen LogP contribution in [0.1, 0.15) is 55.3 Å². The van der Waals surface area contributed by atoms with E-state index in [1.54, 1.807) is 0 Å². The highest BCUT2D eigenvalue weighted by atomic mass is 16.5. The fraction of sp³-hybridized carbons (Fsp3) is 0.522. The molecule has 0 atom stereocenters. The Morgan fingerprint density at radius 2 is 1.66 bits per heavy atom. The molecule has 0 unspecified atom stereocenters. The number of benzene rings is 1. The summed E-state index contributed by atoms with van der Waals surface area (Å²) in [6.07, 6.45) is 7.21. The second-order valence-corrected chi connectivity index (χ2v) is 8.99. The molecule has 2 bridgehead atoms. The second kappa shape index (κ2) is 6.44. The highest BCUT2D eigenvalue weighted by Gasteiger charge is 2.57. The van der Waals surface area contributed by atoms with Crippen LogP contribution in [0.4, 0.5) is 5.69 Å². The Hall–Kier alpha value is -2.63. The molecule has 0 radical (unpaired) electrons. The Labute approximate surface area is 170 Å². The van der Waals surface area contributed by atoms with Crippen LogP contribution in [0.3, 0.4) is 0 Å². The van der Waals surface area contributed by atoms with Gasteiger partial charge in [0.15, 0.2) is 0 Å². The number of esters is 1. The summed E-state index contributed by atoms with van der Waals surface area (Å²) in [6, 6.07) is 8.22. The topological polar surface area (TPSA) is 64.4 Å². The first-order valence-corrected chi connectivity index (χ1v) is 10.5. The molecular weight excluding hydrogens is 366 g/mol. The third-order valence-corrected chi connectivity index (χ3v) is 7.68. The molecule has 152 valence electrons. The van der Waals surface area contributed by atoms with E-state index in [2.05, 4.69) is 17.2 Å². The molecule has 6 nitrogen and oxygen atoms in total. The molecule has 1 aromatic heterocycles. The van der Waals surface area contributed by atoms with Gasteiger partial charge in [0, 0.05) is 35.8 Å². The number of methoxy groups -OCH3 is 1.